The van der Waals surface area contributed by atoms with Crippen molar-refractivity contribution < 1.29 is 9.90 Å². The zero-order valence-corrected chi connectivity index (χ0v) is 11.8. The fourth-order valence-corrected chi connectivity index (χ4v) is 1.72. The summed E-state index contributed by atoms with van der Waals surface area (Å²) in [6, 6.07) is 5.15. The highest BCUT2D eigenvalue weighted by Gasteiger charge is 2.17. The first-order valence-corrected chi connectivity index (χ1v) is 6.36. The van der Waals surface area contributed by atoms with Gasteiger partial charge in [-0.2, -0.15) is 0 Å². The second-order valence-corrected chi connectivity index (χ2v) is 5.37. The summed E-state index contributed by atoms with van der Waals surface area (Å²) >= 11 is 0. The van der Waals surface area contributed by atoms with Crippen LogP contribution in [-0.2, 0) is 0 Å². The van der Waals surface area contributed by atoms with Crippen molar-refractivity contribution in [3.05, 3.63) is 23.8 Å². The minimum absolute atomic E-state index is 0.0375. The number of nitrogens with two attached hydrogens (primary N) is 1. The average Bonchev–Trinajstić information content (AvgIpc) is 2.37. The molecule has 0 spiro atoms. The molecule has 1 amide bonds. The molecule has 5 nitrogen and oxygen atoms in total. The van der Waals surface area contributed by atoms with Gasteiger partial charge in [-0.25, -0.2) is 0 Å². The van der Waals surface area contributed by atoms with E-state index in [2.05, 4.69) is 24.5 Å². The van der Waals surface area contributed by atoms with Crippen LogP contribution >= 0.6 is 0 Å². The Morgan fingerprint density at radius 1 is 1.42 bits per heavy atom. The first-order chi connectivity index (χ1) is 8.89. The zero-order chi connectivity index (χ0) is 14.5. The summed E-state index contributed by atoms with van der Waals surface area (Å²) in [4.78, 5) is 11.6. The van der Waals surface area contributed by atoms with Gasteiger partial charge in [-0.15, -0.1) is 0 Å². The molecule has 0 radical (unpaired) electrons. The lowest BCUT2D eigenvalue weighted by molar-refractivity contribution is 0.0963. The van der Waals surface area contributed by atoms with Crippen LogP contribution in [-0.4, -0.2) is 31.2 Å². The molecule has 0 saturated heterocycles. The first-order valence-electron chi connectivity index (χ1n) is 6.36. The fraction of sp³-hybridized carbons (Fsp3) is 0.500. The summed E-state index contributed by atoms with van der Waals surface area (Å²) in [6.07, 6.45) is 0.703. The average molecular weight is 265 g/mol. The molecule has 5 N–H and O–H groups in total. The highest BCUT2D eigenvalue weighted by Crippen LogP contribution is 2.24. The summed E-state index contributed by atoms with van der Waals surface area (Å²) in [7, 11) is 1.59. The van der Waals surface area contributed by atoms with E-state index in [9.17, 15) is 4.79 Å². The number of benzene rings is 1. The Labute approximate surface area is 114 Å². The normalized spacial score (nSPS) is 11.2. The molecule has 1 aromatic carbocycles. The first kappa shape index (κ1) is 15.3. The number of amides is 1. The zero-order valence-electron chi connectivity index (χ0n) is 11.8. The molecule has 1 aromatic rings. The van der Waals surface area contributed by atoms with Crippen molar-refractivity contribution in [1.29, 1.82) is 0 Å². The second kappa shape index (κ2) is 6.43. The Bertz CT molecular complexity index is 444. The molecular weight excluding hydrogens is 242 g/mol. The van der Waals surface area contributed by atoms with Gasteiger partial charge in [0.1, 0.15) is 0 Å². The van der Waals surface area contributed by atoms with Crippen LogP contribution in [0.25, 0.3) is 0 Å². The Balaban J connectivity index is 2.80. The van der Waals surface area contributed by atoms with E-state index < -0.39 is 0 Å². The summed E-state index contributed by atoms with van der Waals surface area (Å²) in [5.41, 5.74) is 7.77. The molecule has 0 aromatic heterocycles. The number of anilines is 2. The maximum Gasteiger partial charge on any atom is 0.251 e. The molecule has 0 aliphatic heterocycles. The van der Waals surface area contributed by atoms with Crippen LogP contribution in [0.1, 0.15) is 30.6 Å². The molecular formula is C14H23N3O2. The highest BCUT2D eigenvalue weighted by molar-refractivity contribution is 5.96. The van der Waals surface area contributed by atoms with Crippen LogP contribution < -0.4 is 16.4 Å². The number of carbonyl (C=O) groups is 1. The number of hydrogen-bond donors (Lipinski definition) is 4. The lowest BCUT2D eigenvalue weighted by Gasteiger charge is -2.25. The highest BCUT2D eigenvalue weighted by atomic mass is 16.3. The molecule has 1 rings (SSSR count). The molecule has 0 saturated carbocycles. The van der Waals surface area contributed by atoms with Crippen molar-refractivity contribution in [1.82, 2.24) is 5.32 Å². The maximum absolute atomic E-state index is 11.6. The lowest BCUT2D eigenvalue weighted by Crippen LogP contribution is -2.25. The van der Waals surface area contributed by atoms with E-state index in [-0.39, 0.29) is 17.9 Å². The van der Waals surface area contributed by atoms with Gasteiger partial charge in [0.25, 0.3) is 5.91 Å². The fourth-order valence-electron chi connectivity index (χ4n) is 1.72. The monoisotopic (exact) mass is 265 g/mol. The van der Waals surface area contributed by atoms with E-state index in [1.54, 1.807) is 25.2 Å². The predicted octanol–water partition coefficient (Wildman–Crippen LogP) is 1.45. The van der Waals surface area contributed by atoms with E-state index in [1.807, 2.05) is 0 Å². The third-order valence-electron chi connectivity index (χ3n) is 3.09. The summed E-state index contributed by atoms with van der Waals surface area (Å²) in [5, 5.41) is 14.8. The van der Waals surface area contributed by atoms with E-state index in [1.165, 1.54) is 0 Å². The lowest BCUT2D eigenvalue weighted by atomic mass is 9.89. The Kier molecular flexibility index (Phi) is 5.18. The van der Waals surface area contributed by atoms with Crippen molar-refractivity contribution in [3.63, 3.8) is 0 Å². The molecule has 0 atom stereocenters. The molecule has 0 fully saturated rings. The van der Waals surface area contributed by atoms with Crippen LogP contribution in [0.4, 0.5) is 11.4 Å². The number of rotatable bonds is 6. The van der Waals surface area contributed by atoms with Crippen LogP contribution in [0.15, 0.2) is 18.2 Å². The Hall–Kier alpha value is -1.75. The number of nitrogens with one attached hydrogen (secondary N) is 2. The standard InChI is InChI=1S/C14H23N3O2/c1-14(2,6-7-18)9-17-12-8-10(13(19)16-3)4-5-11(12)15/h4-5,8,17-18H,6-7,9,15H2,1-3H3,(H,16,19). The minimum Gasteiger partial charge on any atom is -0.397 e. The smallest absolute Gasteiger partial charge is 0.251 e. The summed E-state index contributed by atoms with van der Waals surface area (Å²) < 4.78 is 0. The van der Waals surface area contributed by atoms with Crippen molar-refractivity contribution in [2.45, 2.75) is 20.3 Å². The van der Waals surface area contributed by atoms with Crippen molar-refractivity contribution in [2.75, 3.05) is 31.2 Å². The number of nitrogen functional groups attached to an aromatic ring is 1. The number of aliphatic hydroxyl groups is 1. The molecule has 0 heterocycles. The van der Waals surface area contributed by atoms with Gasteiger partial charge in [0, 0.05) is 25.8 Å². The third kappa shape index (κ3) is 4.44. The van der Waals surface area contributed by atoms with Gasteiger partial charge in [-0.05, 0) is 30.0 Å². The van der Waals surface area contributed by atoms with Gasteiger partial charge in [0.05, 0.1) is 11.4 Å². The van der Waals surface area contributed by atoms with Crippen LogP contribution in [0, 0.1) is 5.41 Å². The number of hydrogen-bond acceptors (Lipinski definition) is 4. The number of aliphatic hydroxyl groups excluding tert-OH is 1. The van der Waals surface area contributed by atoms with Gasteiger partial charge >= 0.3 is 0 Å². The van der Waals surface area contributed by atoms with Gasteiger partial charge in [-0.1, -0.05) is 13.8 Å². The van der Waals surface area contributed by atoms with Crippen LogP contribution in [0.2, 0.25) is 0 Å². The van der Waals surface area contributed by atoms with E-state index in [0.29, 0.717) is 24.2 Å². The molecule has 0 bridgehead atoms. The summed E-state index contributed by atoms with van der Waals surface area (Å²) in [5.74, 6) is -0.141. The van der Waals surface area contributed by atoms with Gasteiger partial charge in [-0.3, -0.25) is 4.79 Å². The second-order valence-electron chi connectivity index (χ2n) is 5.37. The van der Waals surface area contributed by atoms with E-state index >= 15 is 0 Å². The molecule has 0 aliphatic rings. The van der Waals surface area contributed by atoms with Gasteiger partial charge in [0.2, 0.25) is 0 Å². The van der Waals surface area contributed by atoms with Crippen LogP contribution in [0.3, 0.4) is 0 Å². The Morgan fingerprint density at radius 2 is 2.11 bits per heavy atom. The maximum atomic E-state index is 11.6. The summed E-state index contributed by atoms with van der Waals surface area (Å²) in [6.45, 7) is 4.96. The predicted molar refractivity (Wildman–Crippen MR) is 78.2 cm³/mol. The molecule has 19 heavy (non-hydrogen) atoms. The van der Waals surface area contributed by atoms with Gasteiger partial charge in [0.15, 0.2) is 0 Å². The third-order valence-corrected chi connectivity index (χ3v) is 3.09. The minimum atomic E-state index is -0.141. The molecule has 0 unspecified atom stereocenters. The molecule has 0 aliphatic carbocycles. The number of carbonyl (C=O) groups excluding carboxylic acids is 1. The largest absolute Gasteiger partial charge is 0.397 e. The van der Waals surface area contributed by atoms with Crippen molar-refractivity contribution in [3.8, 4) is 0 Å². The van der Waals surface area contributed by atoms with E-state index in [0.717, 1.165) is 5.69 Å². The SMILES string of the molecule is CNC(=O)c1ccc(N)c(NCC(C)(C)CCO)c1. The van der Waals surface area contributed by atoms with Gasteiger partial charge < -0.3 is 21.5 Å². The molecule has 106 valence electrons. The van der Waals surface area contributed by atoms with Crippen molar-refractivity contribution in [2.24, 2.45) is 5.41 Å². The topological polar surface area (TPSA) is 87.4 Å². The van der Waals surface area contributed by atoms with E-state index in [4.69, 9.17) is 10.8 Å². The quantitative estimate of drug-likeness (QED) is 0.586. The Morgan fingerprint density at radius 3 is 2.68 bits per heavy atom. The van der Waals surface area contributed by atoms with Crippen molar-refractivity contribution >= 4 is 17.3 Å². The molecule has 5 heteroatoms. The van der Waals surface area contributed by atoms with Crippen LogP contribution in [0.5, 0.6) is 0 Å².